The minimum absolute atomic E-state index is 0.0550. The Balaban J connectivity index is 1.70. The van der Waals surface area contributed by atoms with Crippen molar-refractivity contribution in [1.29, 1.82) is 0 Å². The molecule has 3 rings (SSSR count). The summed E-state index contributed by atoms with van der Waals surface area (Å²) in [7, 11) is 1.40. The zero-order chi connectivity index (χ0) is 23.3. The molecule has 3 aromatic rings. The van der Waals surface area contributed by atoms with Crippen molar-refractivity contribution < 1.29 is 29.3 Å². The fourth-order valence-electron chi connectivity index (χ4n) is 2.60. The molecule has 8 nitrogen and oxygen atoms in total. The minimum Gasteiger partial charge on any atom is -0.508 e. The quantitative estimate of drug-likeness (QED) is 0.211. The maximum Gasteiger partial charge on any atom is 0.345 e. The van der Waals surface area contributed by atoms with Gasteiger partial charge in [0.05, 0.1) is 29.5 Å². The first-order valence-electron chi connectivity index (χ1n) is 8.99. The molecule has 1 amide bonds. The van der Waals surface area contributed by atoms with E-state index in [1.54, 1.807) is 12.1 Å². The van der Waals surface area contributed by atoms with Crippen molar-refractivity contribution in [3.63, 3.8) is 0 Å². The smallest absolute Gasteiger partial charge is 0.345 e. The molecule has 0 aliphatic carbocycles. The van der Waals surface area contributed by atoms with Gasteiger partial charge < -0.3 is 19.7 Å². The molecule has 0 fully saturated rings. The Morgan fingerprint density at radius 1 is 0.969 bits per heavy atom. The summed E-state index contributed by atoms with van der Waals surface area (Å²) in [6, 6.07) is 12.6. The number of carbonyl (C=O) groups is 2. The summed E-state index contributed by atoms with van der Waals surface area (Å²) < 4.78 is 10.6. The number of nitrogens with one attached hydrogen (secondary N) is 1. The molecule has 0 aliphatic rings. The Hall–Kier alpha value is -3.75. The van der Waals surface area contributed by atoms with Crippen LogP contribution in [0.3, 0.4) is 0 Å². The van der Waals surface area contributed by atoms with E-state index in [-0.39, 0.29) is 39.1 Å². The van der Waals surface area contributed by atoms with Crippen LogP contribution in [0.1, 0.15) is 26.3 Å². The number of nitrogens with zero attached hydrogens (tertiary/aromatic N) is 1. The monoisotopic (exact) mass is 474 g/mol. The molecular formula is C22H16Cl2N2O6. The molecule has 0 heterocycles. The van der Waals surface area contributed by atoms with E-state index in [4.69, 9.17) is 32.7 Å². The maximum atomic E-state index is 12.4. The third-order valence-corrected chi connectivity index (χ3v) is 4.69. The minimum atomic E-state index is -0.688. The van der Waals surface area contributed by atoms with Crippen LogP contribution < -0.4 is 14.9 Å². The van der Waals surface area contributed by atoms with Crippen LogP contribution >= 0.6 is 23.2 Å². The van der Waals surface area contributed by atoms with Crippen molar-refractivity contribution in [2.75, 3.05) is 7.11 Å². The van der Waals surface area contributed by atoms with Crippen LogP contribution in [0.25, 0.3) is 0 Å². The molecule has 0 radical (unpaired) electrons. The lowest BCUT2D eigenvalue weighted by molar-refractivity contribution is 0.0729. The summed E-state index contributed by atoms with van der Waals surface area (Å²) in [5.41, 5.74) is 2.88. The molecule has 10 heteroatoms. The summed E-state index contributed by atoms with van der Waals surface area (Å²) in [5.74, 6) is -1.52. The highest BCUT2D eigenvalue weighted by Crippen LogP contribution is 2.30. The summed E-state index contributed by atoms with van der Waals surface area (Å²) in [6.45, 7) is 0. The van der Waals surface area contributed by atoms with Crippen molar-refractivity contribution in [3.05, 3.63) is 81.3 Å². The van der Waals surface area contributed by atoms with E-state index in [9.17, 15) is 19.8 Å². The zero-order valence-corrected chi connectivity index (χ0v) is 18.0. The average Bonchev–Trinajstić information content (AvgIpc) is 2.74. The van der Waals surface area contributed by atoms with Crippen LogP contribution in [0.2, 0.25) is 10.0 Å². The van der Waals surface area contributed by atoms with Crippen molar-refractivity contribution in [3.8, 4) is 23.0 Å². The molecule has 0 bridgehead atoms. The fourth-order valence-corrected chi connectivity index (χ4v) is 3.08. The third kappa shape index (κ3) is 5.48. The first-order chi connectivity index (χ1) is 15.3. The molecular weight excluding hydrogens is 459 g/mol. The van der Waals surface area contributed by atoms with Crippen molar-refractivity contribution in [1.82, 2.24) is 5.43 Å². The van der Waals surface area contributed by atoms with Crippen LogP contribution in [0, 0.1) is 0 Å². The number of ether oxygens (including phenoxy) is 2. The topological polar surface area (TPSA) is 117 Å². The van der Waals surface area contributed by atoms with Gasteiger partial charge in [0, 0.05) is 11.1 Å². The molecule has 0 saturated carbocycles. The zero-order valence-electron chi connectivity index (χ0n) is 16.5. The van der Waals surface area contributed by atoms with E-state index in [1.165, 1.54) is 49.7 Å². The second-order valence-corrected chi connectivity index (χ2v) is 7.17. The summed E-state index contributed by atoms with van der Waals surface area (Å²) in [6.07, 6.45) is 1.33. The third-order valence-electron chi connectivity index (χ3n) is 4.15. The van der Waals surface area contributed by atoms with Crippen LogP contribution in [0.4, 0.5) is 0 Å². The van der Waals surface area contributed by atoms with E-state index in [0.717, 1.165) is 6.07 Å². The number of hydrogen-bond donors (Lipinski definition) is 3. The number of benzene rings is 3. The highest BCUT2D eigenvalue weighted by Gasteiger charge is 2.16. The van der Waals surface area contributed by atoms with Crippen molar-refractivity contribution in [2.24, 2.45) is 5.10 Å². The number of carbonyl (C=O) groups excluding carboxylic acids is 2. The number of phenols is 2. The van der Waals surface area contributed by atoms with Crippen molar-refractivity contribution in [2.45, 2.75) is 0 Å². The first-order valence-corrected chi connectivity index (χ1v) is 9.74. The number of amides is 1. The van der Waals surface area contributed by atoms with Gasteiger partial charge in [0.25, 0.3) is 5.91 Å². The predicted octanol–water partition coefficient (Wildman–Crippen LogP) is 4.40. The Bertz CT molecular complexity index is 1210. The number of hydrazone groups is 1. The summed E-state index contributed by atoms with van der Waals surface area (Å²) >= 11 is 11.9. The molecule has 164 valence electrons. The second-order valence-electron chi connectivity index (χ2n) is 6.32. The standard InChI is InChI=1S/C22H16Cl2N2O6/c1-31-20-8-12(11-25-26-21(29)16-6-4-14(27)10-18(16)28)2-7-19(20)32-22(30)15-5-3-13(23)9-17(15)24/h2-11,27-28H,1H3,(H,26,29)/b25-11+. The van der Waals surface area contributed by atoms with E-state index in [2.05, 4.69) is 10.5 Å². The molecule has 0 saturated heterocycles. The molecule has 3 aromatic carbocycles. The number of methoxy groups -OCH3 is 1. The first kappa shape index (κ1) is 22.9. The lowest BCUT2D eigenvalue weighted by atomic mass is 10.2. The fraction of sp³-hybridized carbons (Fsp3) is 0.0455. The lowest BCUT2D eigenvalue weighted by Gasteiger charge is -2.10. The van der Waals surface area contributed by atoms with E-state index in [0.29, 0.717) is 10.6 Å². The lowest BCUT2D eigenvalue weighted by Crippen LogP contribution is -2.17. The predicted molar refractivity (Wildman–Crippen MR) is 119 cm³/mol. The molecule has 3 N–H and O–H groups in total. The number of rotatable bonds is 6. The molecule has 32 heavy (non-hydrogen) atoms. The van der Waals surface area contributed by atoms with Gasteiger partial charge in [-0.05, 0) is 54.1 Å². The van der Waals surface area contributed by atoms with Crippen molar-refractivity contribution >= 4 is 41.3 Å². The summed E-state index contributed by atoms with van der Waals surface area (Å²) in [4.78, 5) is 24.5. The Labute approximate surface area is 192 Å². The van der Waals surface area contributed by atoms with Gasteiger partial charge in [-0.1, -0.05) is 23.2 Å². The SMILES string of the molecule is COc1cc(/C=N/NC(=O)c2ccc(O)cc2O)ccc1OC(=O)c1ccc(Cl)cc1Cl. The molecule has 0 spiro atoms. The van der Waals surface area contributed by atoms with Gasteiger partial charge >= 0.3 is 5.97 Å². The van der Waals surface area contributed by atoms with E-state index < -0.39 is 11.9 Å². The van der Waals surface area contributed by atoms with Gasteiger partial charge in [-0.2, -0.15) is 5.10 Å². The van der Waals surface area contributed by atoms with Crippen LogP contribution in [0.15, 0.2) is 59.7 Å². The Morgan fingerprint density at radius 3 is 2.41 bits per heavy atom. The highest BCUT2D eigenvalue weighted by atomic mass is 35.5. The van der Waals surface area contributed by atoms with Gasteiger partial charge in [0.15, 0.2) is 11.5 Å². The Morgan fingerprint density at radius 2 is 1.72 bits per heavy atom. The van der Waals surface area contributed by atoms with Gasteiger partial charge in [0.1, 0.15) is 11.5 Å². The highest BCUT2D eigenvalue weighted by molar-refractivity contribution is 6.36. The van der Waals surface area contributed by atoms with Gasteiger partial charge in [-0.25, -0.2) is 10.2 Å². The molecule has 0 atom stereocenters. The molecule has 0 aliphatic heterocycles. The van der Waals surface area contributed by atoms with Gasteiger partial charge in [-0.3, -0.25) is 4.79 Å². The van der Waals surface area contributed by atoms with Crippen LogP contribution in [-0.2, 0) is 0 Å². The van der Waals surface area contributed by atoms with Crippen LogP contribution in [0.5, 0.6) is 23.0 Å². The average molecular weight is 475 g/mol. The Kier molecular flexibility index (Phi) is 7.19. The number of aromatic hydroxyl groups is 2. The number of halogens is 2. The number of phenolic OH excluding ortho intramolecular Hbond substituents is 2. The normalized spacial score (nSPS) is 10.7. The van der Waals surface area contributed by atoms with E-state index >= 15 is 0 Å². The number of hydrogen-bond acceptors (Lipinski definition) is 7. The van der Waals surface area contributed by atoms with Gasteiger partial charge in [0.2, 0.25) is 0 Å². The maximum absolute atomic E-state index is 12.4. The van der Waals surface area contributed by atoms with Gasteiger partial charge in [-0.15, -0.1) is 0 Å². The summed E-state index contributed by atoms with van der Waals surface area (Å²) in [5, 5.41) is 23.4. The van der Waals surface area contributed by atoms with Crippen LogP contribution in [-0.4, -0.2) is 35.4 Å². The number of esters is 1. The van der Waals surface area contributed by atoms with E-state index in [1.807, 2.05) is 0 Å². The molecule has 0 unspecified atom stereocenters. The second kappa shape index (κ2) is 10.0. The largest absolute Gasteiger partial charge is 0.508 e. The molecule has 0 aromatic heterocycles.